The first-order chi connectivity index (χ1) is 13.7. The third kappa shape index (κ3) is 4.17. The molecule has 2 atom stereocenters. The summed E-state index contributed by atoms with van der Waals surface area (Å²) in [6, 6.07) is 15.7. The van der Waals surface area contributed by atoms with Gasteiger partial charge in [0.15, 0.2) is 0 Å². The predicted molar refractivity (Wildman–Crippen MR) is 115 cm³/mol. The third-order valence-corrected chi connectivity index (χ3v) is 7.05. The number of fused-ring (bicyclic) bond motifs is 1. The molecule has 6 heteroatoms. The molecule has 0 bridgehead atoms. The molecule has 0 radical (unpaired) electrons. The second-order valence-corrected chi connectivity index (χ2v) is 8.87. The van der Waals surface area contributed by atoms with Crippen molar-refractivity contribution in [1.29, 1.82) is 0 Å². The highest BCUT2D eigenvalue weighted by Crippen LogP contribution is 2.37. The summed E-state index contributed by atoms with van der Waals surface area (Å²) in [6.45, 7) is 1.54. The molecule has 2 aliphatic heterocycles. The molecule has 1 saturated heterocycles. The van der Waals surface area contributed by atoms with Gasteiger partial charge in [0, 0.05) is 40.4 Å². The van der Waals surface area contributed by atoms with Gasteiger partial charge in [-0.05, 0) is 56.1 Å². The van der Waals surface area contributed by atoms with Crippen LogP contribution in [0, 0.1) is 5.92 Å². The van der Waals surface area contributed by atoms with Crippen molar-refractivity contribution in [1.82, 2.24) is 10.2 Å². The number of hydrogen-bond acceptors (Lipinski definition) is 4. The minimum atomic E-state index is 0.0698. The monoisotopic (exact) mass is 416 g/mol. The number of likely N-dealkylation sites (tertiary alicyclic amines) is 1. The molecule has 4 rings (SSSR count). The molecule has 0 spiro atoms. The van der Waals surface area contributed by atoms with Crippen LogP contribution in [-0.2, 0) is 0 Å². The molecular formula is C22H25ClN2O2S. The van der Waals surface area contributed by atoms with Gasteiger partial charge in [0.05, 0.1) is 0 Å². The quantitative estimate of drug-likeness (QED) is 0.805. The first-order valence-electron chi connectivity index (χ1n) is 9.76. The van der Waals surface area contributed by atoms with Gasteiger partial charge in [-0.3, -0.25) is 4.79 Å². The lowest BCUT2D eigenvalue weighted by Crippen LogP contribution is -2.52. The number of likely N-dealkylation sites (N-methyl/N-ethyl adjacent to an activating group) is 1. The Morgan fingerprint density at radius 1 is 1.21 bits per heavy atom. The number of nitrogens with one attached hydrogen (secondary N) is 1. The van der Waals surface area contributed by atoms with Crippen molar-refractivity contribution in [3.63, 3.8) is 0 Å². The van der Waals surface area contributed by atoms with Crippen LogP contribution in [0.25, 0.3) is 0 Å². The number of amides is 1. The largest absolute Gasteiger partial charge is 0.487 e. The predicted octanol–water partition coefficient (Wildman–Crippen LogP) is 4.33. The van der Waals surface area contributed by atoms with Crippen molar-refractivity contribution in [2.24, 2.45) is 5.92 Å². The van der Waals surface area contributed by atoms with E-state index >= 15 is 0 Å². The van der Waals surface area contributed by atoms with Gasteiger partial charge in [0.25, 0.3) is 5.91 Å². The van der Waals surface area contributed by atoms with Crippen molar-refractivity contribution < 1.29 is 9.53 Å². The molecule has 2 aromatic rings. The lowest BCUT2D eigenvalue weighted by atomic mass is 9.86. The topological polar surface area (TPSA) is 41.6 Å². The zero-order chi connectivity index (χ0) is 19.5. The fraction of sp³-hybridized carbons (Fsp3) is 0.409. The van der Waals surface area contributed by atoms with Gasteiger partial charge in [0.1, 0.15) is 11.9 Å². The molecule has 0 saturated carbocycles. The van der Waals surface area contributed by atoms with E-state index < -0.39 is 0 Å². The van der Waals surface area contributed by atoms with Crippen LogP contribution in [0.3, 0.4) is 0 Å². The zero-order valence-electron chi connectivity index (χ0n) is 15.9. The number of hydrogen-bond donors (Lipinski definition) is 1. The molecule has 1 fully saturated rings. The van der Waals surface area contributed by atoms with E-state index in [1.165, 1.54) is 4.90 Å². The normalized spacial score (nSPS) is 20.9. The van der Waals surface area contributed by atoms with E-state index in [2.05, 4.69) is 17.4 Å². The van der Waals surface area contributed by atoms with Gasteiger partial charge in [0.2, 0.25) is 0 Å². The highest BCUT2D eigenvalue weighted by molar-refractivity contribution is 7.99. The first kappa shape index (κ1) is 19.6. The van der Waals surface area contributed by atoms with E-state index in [9.17, 15) is 4.79 Å². The molecule has 28 heavy (non-hydrogen) atoms. The number of carbonyl (C=O) groups is 1. The van der Waals surface area contributed by atoms with Crippen LogP contribution < -0.4 is 10.1 Å². The molecule has 1 amide bonds. The van der Waals surface area contributed by atoms with Gasteiger partial charge < -0.3 is 15.0 Å². The summed E-state index contributed by atoms with van der Waals surface area (Å²) in [5.41, 5.74) is 0.666. The van der Waals surface area contributed by atoms with Gasteiger partial charge in [-0.25, -0.2) is 0 Å². The summed E-state index contributed by atoms with van der Waals surface area (Å²) < 4.78 is 6.32. The average molecular weight is 417 g/mol. The summed E-state index contributed by atoms with van der Waals surface area (Å²) >= 11 is 7.90. The summed E-state index contributed by atoms with van der Waals surface area (Å²) in [5, 5.41) is 4.10. The first-order valence-corrected chi connectivity index (χ1v) is 11.1. The number of benzene rings is 2. The minimum absolute atomic E-state index is 0.0698. The Balaban J connectivity index is 1.38. The standard InChI is InChI=1S/C22H25ClN2O2S/c1-24-21(19-14-28-20-8-3-2-7-18(20)27-19)15-9-11-25(12-10-15)22(26)16-5-4-6-17(23)13-16/h2-8,13,15,19,21,24H,9-12,14H2,1H3. The van der Waals surface area contributed by atoms with E-state index in [0.717, 1.165) is 37.4 Å². The van der Waals surface area contributed by atoms with Crippen LogP contribution >= 0.6 is 23.4 Å². The second-order valence-electron chi connectivity index (χ2n) is 7.37. The number of ether oxygens (including phenoxy) is 1. The summed E-state index contributed by atoms with van der Waals surface area (Å²) in [7, 11) is 2.02. The lowest BCUT2D eigenvalue weighted by Gasteiger charge is -2.40. The minimum Gasteiger partial charge on any atom is -0.487 e. The van der Waals surface area contributed by atoms with Crippen LogP contribution in [0.5, 0.6) is 5.75 Å². The van der Waals surface area contributed by atoms with Crippen molar-refractivity contribution in [3.05, 3.63) is 59.1 Å². The maximum Gasteiger partial charge on any atom is 0.253 e. The average Bonchev–Trinajstić information content (AvgIpc) is 2.74. The SMILES string of the molecule is CNC(C1CCN(C(=O)c2cccc(Cl)c2)CC1)C1CSc2ccccc2O1. The van der Waals surface area contributed by atoms with Gasteiger partial charge in [-0.15, -0.1) is 11.8 Å². The van der Waals surface area contributed by atoms with E-state index in [1.54, 1.807) is 12.1 Å². The van der Waals surface area contributed by atoms with Gasteiger partial charge in [-0.2, -0.15) is 0 Å². The number of para-hydroxylation sites is 1. The molecular weight excluding hydrogens is 392 g/mol. The Kier molecular flexibility index (Phi) is 6.14. The number of nitrogens with zero attached hydrogens (tertiary/aromatic N) is 1. The van der Waals surface area contributed by atoms with E-state index in [0.29, 0.717) is 16.5 Å². The number of piperidine rings is 1. The molecule has 0 aliphatic carbocycles. The van der Waals surface area contributed by atoms with Crippen LogP contribution in [0.1, 0.15) is 23.2 Å². The lowest BCUT2D eigenvalue weighted by molar-refractivity contribution is 0.0609. The smallest absolute Gasteiger partial charge is 0.253 e. The summed E-state index contributed by atoms with van der Waals surface area (Å²) in [5.74, 6) is 2.49. The summed E-state index contributed by atoms with van der Waals surface area (Å²) in [6.07, 6.45) is 2.10. The van der Waals surface area contributed by atoms with E-state index in [4.69, 9.17) is 16.3 Å². The zero-order valence-corrected chi connectivity index (χ0v) is 17.5. The Labute approximate surface area is 175 Å². The number of carbonyl (C=O) groups excluding carboxylic acids is 1. The Morgan fingerprint density at radius 2 is 2.00 bits per heavy atom. The van der Waals surface area contributed by atoms with Crippen LogP contribution in [0.2, 0.25) is 5.02 Å². The van der Waals surface area contributed by atoms with Crippen molar-refractivity contribution in [2.45, 2.75) is 29.9 Å². The second kappa shape index (κ2) is 8.76. The Morgan fingerprint density at radius 3 is 2.75 bits per heavy atom. The van der Waals surface area contributed by atoms with Gasteiger partial charge in [-0.1, -0.05) is 29.8 Å². The van der Waals surface area contributed by atoms with Crippen LogP contribution in [0.4, 0.5) is 0 Å². The van der Waals surface area contributed by atoms with E-state index in [-0.39, 0.29) is 18.1 Å². The van der Waals surface area contributed by atoms with Crippen molar-refractivity contribution in [2.75, 3.05) is 25.9 Å². The highest BCUT2D eigenvalue weighted by atomic mass is 35.5. The molecule has 2 aromatic carbocycles. The van der Waals surface area contributed by atoms with Crippen LogP contribution in [-0.4, -0.2) is 48.8 Å². The van der Waals surface area contributed by atoms with Gasteiger partial charge >= 0.3 is 0 Å². The van der Waals surface area contributed by atoms with Crippen molar-refractivity contribution in [3.8, 4) is 5.75 Å². The molecule has 2 aliphatic rings. The number of halogens is 1. The fourth-order valence-electron chi connectivity index (χ4n) is 4.20. The number of rotatable bonds is 4. The molecule has 1 N–H and O–H groups in total. The maximum atomic E-state index is 12.8. The third-order valence-electron chi connectivity index (χ3n) is 5.67. The van der Waals surface area contributed by atoms with Crippen molar-refractivity contribution >= 4 is 29.3 Å². The summed E-state index contributed by atoms with van der Waals surface area (Å²) in [4.78, 5) is 15.9. The van der Waals surface area contributed by atoms with E-state index in [1.807, 2.05) is 48.0 Å². The Bertz CT molecular complexity index is 839. The molecule has 2 heterocycles. The Hall–Kier alpha value is -1.69. The molecule has 4 nitrogen and oxygen atoms in total. The molecule has 0 aromatic heterocycles. The number of thioether (sulfide) groups is 1. The molecule has 2 unspecified atom stereocenters. The molecule has 148 valence electrons. The van der Waals surface area contributed by atoms with Crippen LogP contribution in [0.15, 0.2) is 53.4 Å². The fourth-order valence-corrected chi connectivity index (χ4v) is 5.45. The maximum absolute atomic E-state index is 12.8. The highest BCUT2D eigenvalue weighted by Gasteiger charge is 2.35.